The van der Waals surface area contributed by atoms with Crippen LogP contribution in [0.2, 0.25) is 5.02 Å². The molecule has 2 aromatic heterocycles. The van der Waals surface area contributed by atoms with Gasteiger partial charge in [-0.2, -0.15) is 0 Å². The molecule has 0 radical (unpaired) electrons. The smallest absolute Gasteiger partial charge is 0.277 e. The maximum absolute atomic E-state index is 12.7. The van der Waals surface area contributed by atoms with Crippen molar-refractivity contribution in [3.63, 3.8) is 0 Å². The number of carbonyl (C=O) groups is 1. The van der Waals surface area contributed by atoms with E-state index in [-0.39, 0.29) is 5.91 Å². The molecular formula is C16H11ClN2O2S. The van der Waals surface area contributed by atoms with Crippen molar-refractivity contribution in [2.24, 2.45) is 0 Å². The van der Waals surface area contributed by atoms with E-state index < -0.39 is 0 Å². The normalized spacial score (nSPS) is 13.4. The van der Waals surface area contributed by atoms with E-state index in [2.05, 4.69) is 4.98 Å². The summed E-state index contributed by atoms with van der Waals surface area (Å²) in [6, 6.07) is 9.29. The molecule has 0 unspecified atom stereocenters. The number of amides is 1. The molecule has 0 saturated carbocycles. The lowest BCUT2D eigenvalue weighted by Gasteiger charge is -2.16. The summed E-state index contributed by atoms with van der Waals surface area (Å²) in [4.78, 5) is 18.8. The fraction of sp³-hybridized carbons (Fsp3) is 0.125. The predicted octanol–water partition coefficient (Wildman–Crippen LogP) is 4.26. The van der Waals surface area contributed by atoms with Crippen molar-refractivity contribution in [2.45, 2.75) is 6.42 Å². The molecule has 1 amide bonds. The lowest BCUT2D eigenvalue weighted by atomic mass is 10.2. The Labute approximate surface area is 136 Å². The lowest BCUT2D eigenvalue weighted by molar-refractivity contribution is 0.0985. The van der Waals surface area contributed by atoms with Crippen LogP contribution in [0.1, 0.15) is 16.1 Å². The van der Waals surface area contributed by atoms with Crippen LogP contribution in [0.15, 0.2) is 46.4 Å². The molecule has 0 saturated heterocycles. The largest absolute Gasteiger partial charge is 0.462 e. The molecule has 0 aliphatic carbocycles. The third-order valence-electron chi connectivity index (χ3n) is 3.64. The quantitative estimate of drug-likeness (QED) is 0.705. The fourth-order valence-electron chi connectivity index (χ4n) is 2.59. The zero-order valence-electron chi connectivity index (χ0n) is 11.5. The van der Waals surface area contributed by atoms with Gasteiger partial charge >= 0.3 is 0 Å². The number of nitrogens with zero attached hydrogens (tertiary/aromatic N) is 2. The van der Waals surface area contributed by atoms with Crippen LogP contribution in [-0.2, 0) is 6.42 Å². The minimum atomic E-state index is -0.102. The molecule has 4 nitrogen and oxygen atoms in total. The first-order valence-corrected chi connectivity index (χ1v) is 8.08. The summed E-state index contributed by atoms with van der Waals surface area (Å²) in [6.45, 7) is 0.655. The Morgan fingerprint density at radius 2 is 2.27 bits per heavy atom. The molecular weight excluding hydrogens is 320 g/mol. The zero-order valence-corrected chi connectivity index (χ0v) is 13.0. The van der Waals surface area contributed by atoms with Gasteiger partial charge < -0.3 is 9.32 Å². The highest BCUT2D eigenvalue weighted by Gasteiger charge is 2.27. The molecule has 1 aliphatic rings. The molecule has 22 heavy (non-hydrogen) atoms. The van der Waals surface area contributed by atoms with E-state index in [0.29, 0.717) is 28.0 Å². The molecule has 0 N–H and O–H groups in total. The third-order valence-corrected chi connectivity index (χ3v) is 4.74. The Balaban J connectivity index is 1.65. The SMILES string of the molecule is O=C(c1csc(-c2ccco2)n1)N1CCc2ccc(Cl)cc21. The fourth-order valence-corrected chi connectivity index (χ4v) is 3.51. The van der Waals surface area contributed by atoms with Crippen LogP contribution in [0, 0.1) is 0 Å². The molecule has 3 aromatic rings. The third kappa shape index (κ3) is 2.23. The van der Waals surface area contributed by atoms with Gasteiger partial charge in [-0.05, 0) is 36.2 Å². The van der Waals surface area contributed by atoms with Crippen LogP contribution in [-0.4, -0.2) is 17.4 Å². The Hall–Kier alpha value is -2.11. The number of benzene rings is 1. The Morgan fingerprint density at radius 3 is 3.09 bits per heavy atom. The molecule has 0 spiro atoms. The first kappa shape index (κ1) is 13.5. The molecule has 0 bridgehead atoms. The van der Waals surface area contributed by atoms with Gasteiger partial charge in [-0.3, -0.25) is 4.79 Å². The van der Waals surface area contributed by atoms with Crippen LogP contribution in [0.3, 0.4) is 0 Å². The van der Waals surface area contributed by atoms with Crippen LogP contribution >= 0.6 is 22.9 Å². The van der Waals surface area contributed by atoms with Gasteiger partial charge in [0.05, 0.1) is 6.26 Å². The summed E-state index contributed by atoms with van der Waals surface area (Å²) in [5.74, 6) is 0.573. The van der Waals surface area contributed by atoms with E-state index in [1.54, 1.807) is 22.6 Å². The number of rotatable bonds is 2. The number of anilines is 1. The molecule has 3 heterocycles. The number of aromatic nitrogens is 1. The number of hydrogen-bond donors (Lipinski definition) is 0. The average Bonchev–Trinajstić information content (AvgIpc) is 3.25. The summed E-state index contributed by atoms with van der Waals surface area (Å²) in [7, 11) is 0. The Bertz CT molecular complexity index is 842. The molecule has 0 fully saturated rings. The van der Waals surface area contributed by atoms with Crippen molar-refractivity contribution >= 4 is 34.5 Å². The van der Waals surface area contributed by atoms with E-state index in [4.69, 9.17) is 16.0 Å². The number of furan rings is 1. The van der Waals surface area contributed by atoms with E-state index >= 15 is 0 Å². The van der Waals surface area contributed by atoms with Crippen molar-refractivity contribution in [3.8, 4) is 10.8 Å². The van der Waals surface area contributed by atoms with Crippen molar-refractivity contribution in [1.82, 2.24) is 4.98 Å². The van der Waals surface area contributed by atoms with E-state index in [1.807, 2.05) is 24.3 Å². The first-order valence-electron chi connectivity index (χ1n) is 6.82. The molecule has 1 aliphatic heterocycles. The zero-order chi connectivity index (χ0) is 15.1. The van der Waals surface area contributed by atoms with Crippen LogP contribution in [0.4, 0.5) is 5.69 Å². The number of carbonyl (C=O) groups excluding carboxylic acids is 1. The van der Waals surface area contributed by atoms with Crippen molar-refractivity contribution in [2.75, 3.05) is 11.4 Å². The number of fused-ring (bicyclic) bond motifs is 1. The van der Waals surface area contributed by atoms with Crippen molar-refractivity contribution < 1.29 is 9.21 Å². The van der Waals surface area contributed by atoms with Gasteiger partial charge in [-0.1, -0.05) is 17.7 Å². The van der Waals surface area contributed by atoms with Crippen LogP contribution in [0.25, 0.3) is 10.8 Å². The minimum Gasteiger partial charge on any atom is -0.462 e. The maximum Gasteiger partial charge on any atom is 0.277 e. The molecule has 0 atom stereocenters. The van der Waals surface area contributed by atoms with Gasteiger partial charge in [0, 0.05) is 22.6 Å². The van der Waals surface area contributed by atoms with Crippen LogP contribution < -0.4 is 4.90 Å². The van der Waals surface area contributed by atoms with Gasteiger partial charge in [0.15, 0.2) is 10.8 Å². The summed E-state index contributed by atoms with van der Waals surface area (Å²) in [6.07, 6.45) is 2.43. The first-order chi connectivity index (χ1) is 10.7. The molecule has 4 rings (SSSR count). The van der Waals surface area contributed by atoms with E-state index in [0.717, 1.165) is 17.7 Å². The summed E-state index contributed by atoms with van der Waals surface area (Å²) >= 11 is 7.45. The second-order valence-electron chi connectivity index (χ2n) is 5.00. The second kappa shape index (κ2) is 5.26. The summed E-state index contributed by atoms with van der Waals surface area (Å²) in [5, 5.41) is 3.11. The highest BCUT2D eigenvalue weighted by molar-refractivity contribution is 7.13. The number of thiazole rings is 1. The number of halogens is 1. The number of hydrogen-bond acceptors (Lipinski definition) is 4. The van der Waals surface area contributed by atoms with Gasteiger partial charge in [0.2, 0.25) is 0 Å². The Kier molecular flexibility index (Phi) is 3.24. The van der Waals surface area contributed by atoms with Gasteiger partial charge in [0.1, 0.15) is 5.69 Å². The standard InChI is InChI=1S/C16H11ClN2O2S/c17-11-4-3-10-5-6-19(13(10)8-11)16(20)12-9-22-15(18-12)14-2-1-7-21-14/h1-4,7-9H,5-6H2. The highest BCUT2D eigenvalue weighted by Crippen LogP contribution is 2.32. The summed E-state index contributed by atoms with van der Waals surface area (Å²) < 4.78 is 5.32. The highest BCUT2D eigenvalue weighted by atomic mass is 35.5. The van der Waals surface area contributed by atoms with Gasteiger partial charge in [0.25, 0.3) is 5.91 Å². The maximum atomic E-state index is 12.7. The lowest BCUT2D eigenvalue weighted by Crippen LogP contribution is -2.29. The van der Waals surface area contributed by atoms with E-state index in [9.17, 15) is 4.79 Å². The van der Waals surface area contributed by atoms with Crippen LogP contribution in [0.5, 0.6) is 0 Å². The van der Waals surface area contributed by atoms with E-state index in [1.165, 1.54) is 11.3 Å². The van der Waals surface area contributed by atoms with Gasteiger partial charge in [-0.15, -0.1) is 11.3 Å². The summed E-state index contributed by atoms with van der Waals surface area (Å²) in [5.41, 5.74) is 2.45. The predicted molar refractivity (Wildman–Crippen MR) is 86.6 cm³/mol. The Morgan fingerprint density at radius 1 is 1.36 bits per heavy atom. The molecule has 1 aromatic carbocycles. The van der Waals surface area contributed by atoms with Crippen molar-refractivity contribution in [1.29, 1.82) is 0 Å². The van der Waals surface area contributed by atoms with Crippen molar-refractivity contribution in [3.05, 3.63) is 58.3 Å². The monoisotopic (exact) mass is 330 g/mol. The minimum absolute atomic E-state index is 0.102. The molecule has 110 valence electrons. The second-order valence-corrected chi connectivity index (χ2v) is 6.29. The van der Waals surface area contributed by atoms with Gasteiger partial charge in [-0.25, -0.2) is 4.98 Å². The molecule has 6 heteroatoms. The average molecular weight is 331 g/mol. The topological polar surface area (TPSA) is 46.3 Å².